The molecule has 1 saturated heterocycles. The normalized spacial score (nSPS) is 17.2. The number of sulfonamides is 1. The SMILES string of the molecule is Cc1nccn1Cc1ccc(NC(=O)C2CCCN(S(=O)(=O)c3ccc(F)cc3)C2)cc1. The molecule has 1 aliphatic heterocycles. The van der Waals surface area contributed by atoms with Crippen molar-refractivity contribution in [2.45, 2.75) is 31.2 Å². The highest BCUT2D eigenvalue weighted by Crippen LogP contribution is 2.25. The maximum atomic E-state index is 13.2. The lowest BCUT2D eigenvalue weighted by atomic mass is 9.98. The molecule has 0 spiro atoms. The van der Waals surface area contributed by atoms with E-state index < -0.39 is 21.8 Å². The average Bonchev–Trinajstić information content (AvgIpc) is 3.19. The zero-order valence-electron chi connectivity index (χ0n) is 17.7. The van der Waals surface area contributed by atoms with Crippen LogP contribution in [0.3, 0.4) is 0 Å². The molecule has 3 aromatic rings. The van der Waals surface area contributed by atoms with Gasteiger partial charge in [0.2, 0.25) is 15.9 Å². The smallest absolute Gasteiger partial charge is 0.243 e. The summed E-state index contributed by atoms with van der Waals surface area (Å²) in [6.45, 7) is 3.08. The molecule has 7 nitrogen and oxygen atoms in total. The zero-order valence-corrected chi connectivity index (χ0v) is 18.6. The maximum absolute atomic E-state index is 13.2. The molecule has 9 heteroatoms. The first-order valence-electron chi connectivity index (χ1n) is 10.5. The molecule has 1 fully saturated rings. The van der Waals surface area contributed by atoms with Crippen molar-refractivity contribution < 1.29 is 17.6 Å². The first kappa shape index (κ1) is 22.2. The van der Waals surface area contributed by atoms with Gasteiger partial charge in [0.05, 0.1) is 10.8 Å². The van der Waals surface area contributed by atoms with E-state index in [2.05, 4.69) is 10.3 Å². The van der Waals surface area contributed by atoms with E-state index >= 15 is 0 Å². The number of hydrogen-bond acceptors (Lipinski definition) is 4. The Morgan fingerprint density at radius 2 is 1.88 bits per heavy atom. The Bertz CT molecular complexity index is 1190. The number of nitrogens with one attached hydrogen (secondary N) is 1. The van der Waals surface area contributed by atoms with E-state index in [-0.39, 0.29) is 17.3 Å². The summed E-state index contributed by atoms with van der Waals surface area (Å²) in [6, 6.07) is 12.3. The Kier molecular flexibility index (Phi) is 6.38. The fourth-order valence-corrected chi connectivity index (χ4v) is 5.36. The molecular formula is C23H25FN4O3S. The summed E-state index contributed by atoms with van der Waals surface area (Å²) in [6.07, 6.45) is 4.87. The van der Waals surface area contributed by atoms with Crippen LogP contribution >= 0.6 is 0 Å². The number of benzene rings is 2. The predicted octanol–water partition coefficient (Wildman–Crippen LogP) is 3.42. The van der Waals surface area contributed by atoms with Gasteiger partial charge in [-0.15, -0.1) is 0 Å². The summed E-state index contributed by atoms with van der Waals surface area (Å²) in [5.74, 6) is -0.222. The van der Waals surface area contributed by atoms with Crippen LogP contribution in [-0.4, -0.2) is 41.3 Å². The van der Waals surface area contributed by atoms with Gasteiger partial charge >= 0.3 is 0 Å². The number of imidazole rings is 1. The number of piperidine rings is 1. The van der Waals surface area contributed by atoms with E-state index in [4.69, 9.17) is 0 Å². The quantitative estimate of drug-likeness (QED) is 0.616. The molecule has 0 bridgehead atoms. The molecule has 2 heterocycles. The molecule has 1 amide bonds. The second-order valence-corrected chi connectivity index (χ2v) is 9.88. The van der Waals surface area contributed by atoms with Crippen LogP contribution in [0.4, 0.5) is 10.1 Å². The highest BCUT2D eigenvalue weighted by molar-refractivity contribution is 7.89. The van der Waals surface area contributed by atoms with E-state index in [1.165, 1.54) is 16.4 Å². The monoisotopic (exact) mass is 456 g/mol. The van der Waals surface area contributed by atoms with Crippen molar-refractivity contribution in [3.8, 4) is 0 Å². The summed E-state index contributed by atoms with van der Waals surface area (Å²) in [4.78, 5) is 17.1. The summed E-state index contributed by atoms with van der Waals surface area (Å²) < 4.78 is 42.3. The summed E-state index contributed by atoms with van der Waals surface area (Å²) in [7, 11) is -3.77. The van der Waals surface area contributed by atoms with Crippen molar-refractivity contribution in [1.29, 1.82) is 0 Å². The minimum atomic E-state index is -3.77. The van der Waals surface area contributed by atoms with Crippen molar-refractivity contribution in [2.75, 3.05) is 18.4 Å². The Balaban J connectivity index is 1.39. The maximum Gasteiger partial charge on any atom is 0.243 e. The van der Waals surface area contributed by atoms with Gasteiger partial charge in [0.15, 0.2) is 0 Å². The third-order valence-electron chi connectivity index (χ3n) is 5.70. The zero-order chi connectivity index (χ0) is 22.7. The molecule has 0 radical (unpaired) electrons. The number of hydrogen-bond donors (Lipinski definition) is 1. The molecular weight excluding hydrogens is 431 g/mol. The Morgan fingerprint density at radius 3 is 2.53 bits per heavy atom. The van der Waals surface area contributed by atoms with Crippen molar-refractivity contribution in [3.63, 3.8) is 0 Å². The molecule has 4 rings (SSSR count). The third kappa shape index (κ3) is 4.89. The van der Waals surface area contributed by atoms with Gasteiger partial charge < -0.3 is 9.88 Å². The summed E-state index contributed by atoms with van der Waals surface area (Å²) in [5.41, 5.74) is 1.75. The Morgan fingerprint density at radius 1 is 1.16 bits per heavy atom. The summed E-state index contributed by atoms with van der Waals surface area (Å²) in [5, 5.41) is 2.90. The lowest BCUT2D eigenvalue weighted by Gasteiger charge is -2.31. The Labute approximate surface area is 186 Å². The van der Waals surface area contributed by atoms with Gasteiger partial charge in [-0.25, -0.2) is 17.8 Å². The van der Waals surface area contributed by atoms with E-state index in [0.29, 0.717) is 31.6 Å². The first-order chi connectivity index (χ1) is 15.3. The Hall–Kier alpha value is -3.04. The number of amides is 1. The van der Waals surface area contributed by atoms with Gasteiger partial charge in [-0.05, 0) is 61.7 Å². The first-order valence-corrected chi connectivity index (χ1v) is 11.9. The second-order valence-electron chi connectivity index (χ2n) is 7.94. The third-order valence-corrected chi connectivity index (χ3v) is 7.58. The van der Waals surface area contributed by atoms with Gasteiger partial charge in [-0.1, -0.05) is 12.1 Å². The topological polar surface area (TPSA) is 84.3 Å². The second kappa shape index (κ2) is 9.22. The van der Waals surface area contributed by atoms with Crippen LogP contribution in [-0.2, 0) is 21.4 Å². The van der Waals surface area contributed by atoms with E-state index in [0.717, 1.165) is 23.5 Å². The van der Waals surface area contributed by atoms with Crippen LogP contribution in [0.1, 0.15) is 24.2 Å². The van der Waals surface area contributed by atoms with Crippen molar-refractivity contribution in [3.05, 3.63) is 78.1 Å². The number of aromatic nitrogens is 2. The van der Waals surface area contributed by atoms with E-state index in [1.807, 2.05) is 42.0 Å². The van der Waals surface area contributed by atoms with E-state index in [9.17, 15) is 17.6 Å². The number of halogens is 1. The van der Waals surface area contributed by atoms with Crippen LogP contribution in [0.15, 0.2) is 65.8 Å². The van der Waals surface area contributed by atoms with Crippen LogP contribution in [0.25, 0.3) is 0 Å². The molecule has 1 aliphatic rings. The largest absolute Gasteiger partial charge is 0.331 e. The molecule has 0 saturated carbocycles. The van der Waals surface area contributed by atoms with Crippen molar-refractivity contribution in [1.82, 2.24) is 13.9 Å². The number of carbonyl (C=O) groups excluding carboxylic acids is 1. The number of anilines is 1. The summed E-state index contributed by atoms with van der Waals surface area (Å²) >= 11 is 0. The number of rotatable bonds is 6. The molecule has 1 aromatic heterocycles. The molecule has 2 aromatic carbocycles. The van der Waals surface area contributed by atoms with Gasteiger partial charge in [0.25, 0.3) is 0 Å². The molecule has 1 atom stereocenters. The molecule has 1 N–H and O–H groups in total. The lowest BCUT2D eigenvalue weighted by molar-refractivity contribution is -0.120. The predicted molar refractivity (Wildman–Crippen MR) is 119 cm³/mol. The van der Waals surface area contributed by atoms with Crippen LogP contribution in [0.2, 0.25) is 0 Å². The van der Waals surface area contributed by atoms with Gasteiger partial charge in [0.1, 0.15) is 11.6 Å². The molecule has 1 unspecified atom stereocenters. The van der Waals surface area contributed by atoms with E-state index in [1.54, 1.807) is 6.20 Å². The van der Waals surface area contributed by atoms with Crippen LogP contribution < -0.4 is 5.32 Å². The molecule has 32 heavy (non-hydrogen) atoms. The highest BCUT2D eigenvalue weighted by Gasteiger charge is 2.33. The molecule has 0 aliphatic carbocycles. The number of aryl methyl sites for hydroxylation is 1. The fourth-order valence-electron chi connectivity index (χ4n) is 3.84. The van der Waals surface area contributed by atoms with Gasteiger partial charge in [0, 0.05) is 37.7 Å². The van der Waals surface area contributed by atoms with Gasteiger partial charge in [-0.3, -0.25) is 4.79 Å². The van der Waals surface area contributed by atoms with Crippen molar-refractivity contribution in [2.24, 2.45) is 5.92 Å². The average molecular weight is 457 g/mol. The van der Waals surface area contributed by atoms with Crippen molar-refractivity contribution >= 4 is 21.6 Å². The number of carbonyl (C=O) groups is 1. The van der Waals surface area contributed by atoms with Gasteiger partial charge in [-0.2, -0.15) is 4.31 Å². The highest BCUT2D eigenvalue weighted by atomic mass is 32.2. The van der Waals surface area contributed by atoms with Crippen LogP contribution in [0, 0.1) is 18.7 Å². The molecule has 168 valence electrons. The lowest BCUT2D eigenvalue weighted by Crippen LogP contribution is -2.43. The minimum Gasteiger partial charge on any atom is -0.331 e. The standard InChI is InChI=1S/C23H25FN4O3S/c1-17-25-12-14-27(17)15-18-4-8-21(9-5-18)26-23(29)19-3-2-13-28(16-19)32(30,31)22-10-6-20(24)7-11-22/h4-12,14,19H,2-3,13,15-16H2,1H3,(H,26,29). The van der Waals surface area contributed by atoms with Crippen LogP contribution in [0.5, 0.6) is 0 Å². The minimum absolute atomic E-state index is 0.0312. The fraction of sp³-hybridized carbons (Fsp3) is 0.304. The number of nitrogens with zero attached hydrogens (tertiary/aromatic N) is 3.